The van der Waals surface area contributed by atoms with Crippen LogP contribution in [0.4, 0.5) is 26.2 Å². The van der Waals surface area contributed by atoms with Crippen LogP contribution in [0.5, 0.6) is 0 Å². The molecule has 1 aliphatic heterocycles. The van der Waals surface area contributed by atoms with Crippen molar-refractivity contribution in [2.45, 2.75) is 27.7 Å². The van der Waals surface area contributed by atoms with Gasteiger partial charge in [0, 0.05) is 41.4 Å². The lowest BCUT2D eigenvalue weighted by atomic mass is 10.0. The van der Waals surface area contributed by atoms with Gasteiger partial charge in [0.15, 0.2) is 0 Å². The number of carbonyl (C=O) groups excluding carboxylic acids is 3. The van der Waals surface area contributed by atoms with Crippen molar-refractivity contribution in [1.29, 1.82) is 0 Å². The largest absolute Gasteiger partial charge is 0.358 e. The maximum absolute atomic E-state index is 13.4. The van der Waals surface area contributed by atoms with E-state index in [1.54, 1.807) is 30.3 Å². The maximum Gasteiger partial charge on any atom is 0.323 e. The lowest BCUT2D eigenvalue weighted by molar-refractivity contribution is -0.110. The molecular weight excluding hydrogens is 499 g/mol. The zero-order valence-electron chi connectivity index (χ0n) is 22.5. The lowest BCUT2D eigenvalue weighted by Crippen LogP contribution is -2.35. The number of hydrogen-bond donors (Lipinski definition) is 5. The van der Waals surface area contributed by atoms with Crippen molar-refractivity contribution in [3.8, 4) is 0 Å². The molecule has 1 aliphatic rings. The van der Waals surface area contributed by atoms with Gasteiger partial charge in [-0.15, -0.1) is 0 Å². The average Bonchev–Trinajstić information content (AvgIpc) is 3.35. The van der Waals surface area contributed by atoms with Crippen molar-refractivity contribution in [2.24, 2.45) is 0 Å². The van der Waals surface area contributed by atoms with Gasteiger partial charge in [0.2, 0.25) is 0 Å². The number of likely N-dealkylation sites (N-methyl/N-ethyl adjacent to an activating group) is 1. The van der Waals surface area contributed by atoms with Crippen LogP contribution >= 0.6 is 0 Å². The molecule has 5 N–H and O–H groups in total. The molecule has 10 heteroatoms. The molecule has 0 atom stereocenters. The summed E-state index contributed by atoms with van der Waals surface area (Å²) in [6, 6.07) is 10.1. The second-order valence-electron chi connectivity index (χ2n) is 9.31. The molecule has 0 saturated heterocycles. The van der Waals surface area contributed by atoms with Crippen LogP contribution in [0.15, 0.2) is 42.5 Å². The fourth-order valence-electron chi connectivity index (χ4n) is 4.63. The van der Waals surface area contributed by atoms with Crippen molar-refractivity contribution in [1.82, 2.24) is 15.2 Å². The molecule has 0 aliphatic carbocycles. The van der Waals surface area contributed by atoms with Gasteiger partial charge in [-0.3, -0.25) is 9.59 Å². The number of aromatic nitrogens is 1. The van der Waals surface area contributed by atoms with Gasteiger partial charge in [-0.1, -0.05) is 26.0 Å². The predicted molar refractivity (Wildman–Crippen MR) is 152 cm³/mol. The number of nitrogens with one attached hydrogen (secondary N) is 5. The summed E-state index contributed by atoms with van der Waals surface area (Å²) in [7, 11) is 0. The van der Waals surface area contributed by atoms with Crippen molar-refractivity contribution in [2.75, 3.05) is 42.1 Å². The van der Waals surface area contributed by atoms with Crippen LogP contribution in [0.3, 0.4) is 0 Å². The second-order valence-corrected chi connectivity index (χ2v) is 9.31. The number of carbonyl (C=O) groups is 3. The van der Waals surface area contributed by atoms with Crippen LogP contribution in [-0.2, 0) is 4.79 Å². The Labute approximate surface area is 226 Å². The van der Waals surface area contributed by atoms with E-state index >= 15 is 0 Å². The summed E-state index contributed by atoms with van der Waals surface area (Å²) in [6.45, 7) is 11.0. The number of halogens is 1. The Morgan fingerprint density at radius 1 is 1.03 bits per heavy atom. The van der Waals surface area contributed by atoms with Crippen molar-refractivity contribution in [3.05, 3.63) is 76.4 Å². The van der Waals surface area contributed by atoms with E-state index in [1.165, 1.54) is 18.2 Å². The Morgan fingerprint density at radius 2 is 1.74 bits per heavy atom. The molecule has 0 radical (unpaired) electrons. The summed E-state index contributed by atoms with van der Waals surface area (Å²) in [5.41, 5.74) is 5.17. The highest BCUT2D eigenvalue weighted by molar-refractivity contribution is 6.35. The molecule has 2 aromatic carbocycles. The Hall–Kier alpha value is -4.44. The summed E-state index contributed by atoms with van der Waals surface area (Å²) in [6.07, 6.45) is 1.74. The number of aromatic amines is 1. The van der Waals surface area contributed by atoms with E-state index in [-0.39, 0.29) is 11.8 Å². The van der Waals surface area contributed by atoms with Gasteiger partial charge in [0.25, 0.3) is 11.8 Å². The summed E-state index contributed by atoms with van der Waals surface area (Å²) in [5, 5.41) is 11.1. The second kappa shape index (κ2) is 12.0. The highest BCUT2D eigenvalue weighted by Crippen LogP contribution is 2.35. The van der Waals surface area contributed by atoms with E-state index < -0.39 is 11.8 Å². The van der Waals surface area contributed by atoms with Crippen LogP contribution in [0.2, 0.25) is 0 Å². The molecule has 0 unspecified atom stereocenters. The molecule has 3 aromatic rings. The van der Waals surface area contributed by atoms with Gasteiger partial charge >= 0.3 is 6.03 Å². The first-order chi connectivity index (χ1) is 18.7. The zero-order valence-corrected chi connectivity index (χ0v) is 22.5. The minimum atomic E-state index is -0.541. The van der Waals surface area contributed by atoms with Crippen molar-refractivity contribution < 1.29 is 18.8 Å². The number of nitrogens with zero attached hydrogens (tertiary/aromatic N) is 1. The van der Waals surface area contributed by atoms with E-state index in [9.17, 15) is 18.8 Å². The molecule has 39 heavy (non-hydrogen) atoms. The molecule has 2 heterocycles. The van der Waals surface area contributed by atoms with Gasteiger partial charge in [0.1, 0.15) is 5.82 Å². The molecule has 1 aromatic heterocycles. The molecular formula is C29H33FN6O3. The molecule has 0 bridgehead atoms. The number of fused-ring (bicyclic) bond motifs is 1. The van der Waals surface area contributed by atoms with Crippen LogP contribution in [0, 0.1) is 19.7 Å². The summed E-state index contributed by atoms with van der Waals surface area (Å²) in [4.78, 5) is 43.5. The molecule has 0 spiro atoms. The van der Waals surface area contributed by atoms with E-state index in [0.717, 1.165) is 30.9 Å². The number of H-pyrrole nitrogens is 1. The Kier molecular flexibility index (Phi) is 8.46. The van der Waals surface area contributed by atoms with Gasteiger partial charge in [-0.2, -0.15) is 0 Å². The van der Waals surface area contributed by atoms with Crippen LogP contribution in [0.1, 0.15) is 46.7 Å². The fraction of sp³-hybridized carbons (Fsp3) is 0.276. The van der Waals surface area contributed by atoms with E-state index in [1.807, 2.05) is 13.8 Å². The van der Waals surface area contributed by atoms with Crippen LogP contribution < -0.4 is 21.3 Å². The number of benzene rings is 2. The predicted octanol–water partition coefficient (Wildman–Crippen LogP) is 4.98. The van der Waals surface area contributed by atoms with E-state index in [0.29, 0.717) is 46.0 Å². The number of rotatable bonds is 9. The highest BCUT2D eigenvalue weighted by atomic mass is 19.1. The molecule has 4 rings (SSSR count). The summed E-state index contributed by atoms with van der Waals surface area (Å²) in [5.74, 6) is -0.896. The number of aryl methyl sites for hydroxylation is 1. The number of urea groups is 1. The van der Waals surface area contributed by atoms with Crippen molar-refractivity contribution in [3.63, 3.8) is 0 Å². The van der Waals surface area contributed by atoms with E-state index in [4.69, 9.17) is 0 Å². The third-order valence-corrected chi connectivity index (χ3v) is 6.74. The Balaban J connectivity index is 1.48. The molecule has 0 fully saturated rings. The van der Waals surface area contributed by atoms with Gasteiger partial charge < -0.3 is 31.2 Å². The Bertz CT molecular complexity index is 1440. The molecule has 204 valence electrons. The number of amides is 4. The standard InChI is InChI=1S/C29H33FN6O3/c1-5-36(6-2)13-12-31-28(38)26-17(3)24(32-18(26)4)16-23-22-11-10-21(15-25(22)35-27(23)37)34-29(39)33-20-9-7-8-19(30)14-20/h7-11,14-16,32H,5-6,12-13H2,1-4H3,(H,31,38)(H,35,37)(H2,33,34,39)/b23-16-. The van der Waals surface area contributed by atoms with Gasteiger partial charge in [-0.25, -0.2) is 9.18 Å². The summed E-state index contributed by atoms with van der Waals surface area (Å²) < 4.78 is 13.4. The van der Waals surface area contributed by atoms with Crippen LogP contribution in [0.25, 0.3) is 11.6 Å². The molecule has 4 amide bonds. The third-order valence-electron chi connectivity index (χ3n) is 6.74. The average molecular weight is 533 g/mol. The first-order valence-corrected chi connectivity index (χ1v) is 12.9. The molecule has 9 nitrogen and oxygen atoms in total. The first-order valence-electron chi connectivity index (χ1n) is 12.9. The van der Waals surface area contributed by atoms with Gasteiger partial charge in [0.05, 0.1) is 16.8 Å². The van der Waals surface area contributed by atoms with E-state index in [2.05, 4.69) is 45.0 Å². The lowest BCUT2D eigenvalue weighted by Gasteiger charge is -2.18. The smallest absolute Gasteiger partial charge is 0.323 e. The first kappa shape index (κ1) is 27.6. The van der Waals surface area contributed by atoms with Crippen LogP contribution in [-0.4, -0.2) is 53.9 Å². The topological polar surface area (TPSA) is 118 Å². The summed E-state index contributed by atoms with van der Waals surface area (Å²) >= 11 is 0. The van der Waals surface area contributed by atoms with Gasteiger partial charge in [-0.05, 0) is 68.9 Å². The minimum Gasteiger partial charge on any atom is -0.358 e. The monoisotopic (exact) mass is 532 g/mol. The fourth-order valence-corrected chi connectivity index (χ4v) is 4.63. The normalized spacial score (nSPS) is 13.4. The quantitative estimate of drug-likeness (QED) is 0.250. The number of hydrogen-bond acceptors (Lipinski definition) is 4. The highest BCUT2D eigenvalue weighted by Gasteiger charge is 2.26. The SMILES string of the molecule is CCN(CC)CCNC(=O)c1c(C)[nH]c(/C=C2\C(=O)Nc3cc(NC(=O)Nc4cccc(F)c4)ccc32)c1C. The molecule has 0 saturated carbocycles. The Morgan fingerprint density at radius 3 is 2.44 bits per heavy atom. The minimum absolute atomic E-state index is 0.151. The zero-order chi connectivity index (χ0) is 28.1. The third kappa shape index (κ3) is 6.35. The number of anilines is 3. The maximum atomic E-state index is 13.4. The van der Waals surface area contributed by atoms with Crippen molar-refractivity contribution >= 4 is 46.6 Å².